The van der Waals surface area contributed by atoms with E-state index >= 15 is 0 Å². The summed E-state index contributed by atoms with van der Waals surface area (Å²) >= 11 is 0. The Kier molecular flexibility index (Phi) is 6.03. The molecule has 0 aromatic heterocycles. The lowest BCUT2D eigenvalue weighted by atomic mass is 9.97. The van der Waals surface area contributed by atoms with Crippen LogP contribution in [-0.2, 0) is 17.8 Å². The Morgan fingerprint density at radius 1 is 1.00 bits per heavy atom. The van der Waals surface area contributed by atoms with E-state index in [1.165, 1.54) is 5.56 Å². The van der Waals surface area contributed by atoms with Gasteiger partial charge in [-0.2, -0.15) is 0 Å². The fourth-order valence-electron chi connectivity index (χ4n) is 3.80. The van der Waals surface area contributed by atoms with Crippen molar-refractivity contribution in [2.75, 3.05) is 18.5 Å². The van der Waals surface area contributed by atoms with Crippen LogP contribution in [0.4, 0.5) is 5.69 Å². The molecule has 0 atom stereocenters. The Labute approximate surface area is 182 Å². The van der Waals surface area contributed by atoms with Crippen molar-refractivity contribution in [1.29, 1.82) is 0 Å². The largest absolute Gasteiger partial charge is 0.483 e. The molecule has 0 bridgehead atoms. The van der Waals surface area contributed by atoms with E-state index in [1.54, 1.807) is 6.07 Å². The van der Waals surface area contributed by atoms with Gasteiger partial charge in [-0.15, -0.1) is 0 Å². The van der Waals surface area contributed by atoms with Gasteiger partial charge < -0.3 is 15.0 Å². The highest BCUT2D eigenvalue weighted by atomic mass is 16.5. The second kappa shape index (κ2) is 9.04. The Hall–Kier alpha value is -3.60. The number of hydrogen-bond donors (Lipinski definition) is 1. The summed E-state index contributed by atoms with van der Waals surface area (Å²) in [6, 6.07) is 21.2. The first-order chi connectivity index (χ1) is 15.0. The molecule has 0 saturated heterocycles. The maximum Gasteiger partial charge on any atom is 0.262 e. The zero-order valence-corrected chi connectivity index (χ0v) is 17.9. The van der Waals surface area contributed by atoms with Gasteiger partial charge in [-0.25, -0.2) is 0 Å². The highest BCUT2D eigenvalue weighted by molar-refractivity contribution is 5.97. The van der Waals surface area contributed by atoms with Crippen molar-refractivity contribution in [1.82, 2.24) is 4.90 Å². The van der Waals surface area contributed by atoms with Gasteiger partial charge in [0.25, 0.3) is 11.8 Å². The van der Waals surface area contributed by atoms with Gasteiger partial charge >= 0.3 is 0 Å². The van der Waals surface area contributed by atoms with Gasteiger partial charge in [0.15, 0.2) is 6.61 Å². The number of carbonyl (C=O) groups excluding carboxylic acids is 2. The SMILES string of the molecule is Cc1ccc(NC(=O)COc2cccc3c2CCN(Cc2ccccc2C)C3=O)cc1. The van der Waals surface area contributed by atoms with Gasteiger partial charge in [0.1, 0.15) is 5.75 Å². The lowest BCUT2D eigenvalue weighted by molar-refractivity contribution is -0.118. The van der Waals surface area contributed by atoms with E-state index in [4.69, 9.17) is 4.74 Å². The summed E-state index contributed by atoms with van der Waals surface area (Å²) in [7, 11) is 0. The molecule has 31 heavy (non-hydrogen) atoms. The molecule has 0 saturated carbocycles. The first kappa shape index (κ1) is 20.7. The van der Waals surface area contributed by atoms with Crippen molar-refractivity contribution in [3.63, 3.8) is 0 Å². The molecule has 0 unspecified atom stereocenters. The van der Waals surface area contributed by atoms with Crippen LogP contribution in [0.15, 0.2) is 66.7 Å². The highest BCUT2D eigenvalue weighted by Gasteiger charge is 2.27. The monoisotopic (exact) mass is 414 g/mol. The summed E-state index contributed by atoms with van der Waals surface area (Å²) in [5.74, 6) is 0.365. The number of carbonyl (C=O) groups is 2. The van der Waals surface area contributed by atoms with Crippen LogP contribution in [0.25, 0.3) is 0 Å². The number of amides is 2. The predicted molar refractivity (Wildman–Crippen MR) is 121 cm³/mol. The number of fused-ring (bicyclic) bond motifs is 1. The number of nitrogens with zero attached hydrogens (tertiary/aromatic N) is 1. The number of nitrogens with one attached hydrogen (secondary N) is 1. The molecule has 0 radical (unpaired) electrons. The summed E-state index contributed by atoms with van der Waals surface area (Å²) in [6.45, 7) is 5.17. The summed E-state index contributed by atoms with van der Waals surface area (Å²) in [5, 5.41) is 2.83. The quantitative estimate of drug-likeness (QED) is 0.645. The number of aryl methyl sites for hydroxylation is 2. The van der Waals surface area contributed by atoms with Crippen LogP contribution in [0.1, 0.15) is 32.6 Å². The average molecular weight is 415 g/mol. The molecule has 0 aliphatic carbocycles. The highest BCUT2D eigenvalue weighted by Crippen LogP contribution is 2.29. The molecule has 2 amide bonds. The van der Waals surface area contributed by atoms with Crippen LogP contribution in [-0.4, -0.2) is 29.9 Å². The fraction of sp³-hybridized carbons (Fsp3) is 0.231. The molecular formula is C26H26N2O3. The van der Waals surface area contributed by atoms with Crippen molar-refractivity contribution in [3.05, 3.63) is 94.5 Å². The van der Waals surface area contributed by atoms with Crippen LogP contribution in [0.3, 0.4) is 0 Å². The molecule has 3 aromatic rings. The second-order valence-corrected chi connectivity index (χ2v) is 7.89. The average Bonchev–Trinajstić information content (AvgIpc) is 2.77. The van der Waals surface area contributed by atoms with Crippen LogP contribution in [0.2, 0.25) is 0 Å². The number of hydrogen-bond acceptors (Lipinski definition) is 3. The Bertz CT molecular complexity index is 1110. The van der Waals surface area contributed by atoms with E-state index in [1.807, 2.05) is 60.4 Å². The molecule has 4 rings (SSSR count). The third kappa shape index (κ3) is 4.77. The summed E-state index contributed by atoms with van der Waals surface area (Å²) in [6.07, 6.45) is 0.697. The van der Waals surface area contributed by atoms with Crippen LogP contribution in [0.5, 0.6) is 5.75 Å². The molecule has 158 valence electrons. The van der Waals surface area contributed by atoms with E-state index in [9.17, 15) is 9.59 Å². The van der Waals surface area contributed by atoms with Gasteiger partial charge in [0.2, 0.25) is 0 Å². The van der Waals surface area contributed by atoms with Crippen molar-refractivity contribution >= 4 is 17.5 Å². The molecule has 1 aliphatic rings. The maximum atomic E-state index is 13.1. The fourth-order valence-corrected chi connectivity index (χ4v) is 3.80. The molecular weight excluding hydrogens is 388 g/mol. The van der Waals surface area contributed by atoms with Crippen molar-refractivity contribution in [2.45, 2.75) is 26.8 Å². The summed E-state index contributed by atoms with van der Waals surface area (Å²) < 4.78 is 5.80. The summed E-state index contributed by atoms with van der Waals surface area (Å²) in [4.78, 5) is 27.2. The molecule has 1 heterocycles. The molecule has 5 nitrogen and oxygen atoms in total. The van der Waals surface area contributed by atoms with E-state index < -0.39 is 0 Å². The van der Waals surface area contributed by atoms with Crippen molar-refractivity contribution in [2.24, 2.45) is 0 Å². The van der Waals surface area contributed by atoms with Crippen LogP contribution < -0.4 is 10.1 Å². The number of rotatable bonds is 6. The Morgan fingerprint density at radius 2 is 1.77 bits per heavy atom. The minimum Gasteiger partial charge on any atom is -0.483 e. The Morgan fingerprint density at radius 3 is 2.55 bits per heavy atom. The normalized spacial score (nSPS) is 13.0. The molecule has 1 aliphatic heterocycles. The molecule has 1 N–H and O–H groups in total. The van der Waals surface area contributed by atoms with E-state index in [-0.39, 0.29) is 18.4 Å². The first-order valence-electron chi connectivity index (χ1n) is 10.5. The van der Waals surface area contributed by atoms with Gasteiger partial charge in [-0.1, -0.05) is 48.0 Å². The van der Waals surface area contributed by atoms with E-state index in [0.717, 1.165) is 22.4 Å². The number of benzene rings is 3. The lowest BCUT2D eigenvalue weighted by Gasteiger charge is -2.30. The summed E-state index contributed by atoms with van der Waals surface area (Å²) in [5.41, 5.74) is 5.72. The minimum atomic E-state index is -0.232. The van der Waals surface area contributed by atoms with Gasteiger partial charge in [-0.05, 0) is 55.7 Å². The predicted octanol–water partition coefficient (Wildman–Crippen LogP) is 4.52. The minimum absolute atomic E-state index is 0.000870. The number of anilines is 1. The first-order valence-corrected chi connectivity index (χ1v) is 10.5. The third-order valence-electron chi connectivity index (χ3n) is 5.60. The molecule has 3 aromatic carbocycles. The Balaban J connectivity index is 1.42. The van der Waals surface area contributed by atoms with E-state index in [0.29, 0.717) is 30.8 Å². The van der Waals surface area contributed by atoms with Gasteiger partial charge in [-0.3, -0.25) is 9.59 Å². The van der Waals surface area contributed by atoms with Gasteiger partial charge in [0.05, 0.1) is 0 Å². The van der Waals surface area contributed by atoms with Crippen LogP contribution in [0, 0.1) is 13.8 Å². The van der Waals surface area contributed by atoms with E-state index in [2.05, 4.69) is 24.4 Å². The lowest BCUT2D eigenvalue weighted by Crippen LogP contribution is -2.37. The van der Waals surface area contributed by atoms with Crippen molar-refractivity contribution < 1.29 is 14.3 Å². The number of ether oxygens (including phenoxy) is 1. The topological polar surface area (TPSA) is 58.6 Å². The van der Waals surface area contributed by atoms with Gasteiger partial charge in [0, 0.05) is 29.9 Å². The second-order valence-electron chi connectivity index (χ2n) is 7.89. The zero-order valence-electron chi connectivity index (χ0n) is 17.9. The van der Waals surface area contributed by atoms with Crippen LogP contribution >= 0.6 is 0 Å². The zero-order chi connectivity index (χ0) is 21.8. The molecule has 0 spiro atoms. The standard InChI is InChI=1S/C26H26N2O3/c1-18-10-12-21(13-11-18)27-25(29)17-31-24-9-5-8-23-22(24)14-15-28(26(23)30)16-20-7-4-3-6-19(20)2/h3-13H,14-17H2,1-2H3,(H,27,29). The maximum absolute atomic E-state index is 13.1. The third-order valence-corrected chi connectivity index (χ3v) is 5.60. The van der Waals surface area contributed by atoms with Crippen molar-refractivity contribution in [3.8, 4) is 5.75 Å². The molecule has 5 heteroatoms. The smallest absolute Gasteiger partial charge is 0.262 e. The molecule has 0 fully saturated rings.